The summed E-state index contributed by atoms with van der Waals surface area (Å²) in [5.74, 6) is 0.707. The standard InChI is InChI=1S/C18H15N3O2S/c1-10-11(2)20-21(3)18(22)16(10)17-19-13(9-24-17)15-8-12-6-4-5-7-14(12)23-15/h4-9H,1-3H3. The van der Waals surface area contributed by atoms with Crippen molar-refractivity contribution in [2.45, 2.75) is 13.8 Å². The highest BCUT2D eigenvalue weighted by Crippen LogP contribution is 2.32. The molecule has 0 N–H and O–H groups in total. The maximum absolute atomic E-state index is 12.5. The summed E-state index contributed by atoms with van der Waals surface area (Å²) in [5.41, 5.74) is 3.73. The molecule has 1 aromatic carbocycles. The second-order valence-electron chi connectivity index (χ2n) is 5.70. The second-order valence-corrected chi connectivity index (χ2v) is 6.56. The molecule has 0 aliphatic heterocycles. The molecule has 24 heavy (non-hydrogen) atoms. The lowest BCUT2D eigenvalue weighted by Gasteiger charge is -2.07. The van der Waals surface area contributed by atoms with Gasteiger partial charge in [-0.15, -0.1) is 11.3 Å². The van der Waals surface area contributed by atoms with Crippen LogP contribution in [0.2, 0.25) is 0 Å². The minimum Gasteiger partial charge on any atom is -0.454 e. The summed E-state index contributed by atoms with van der Waals surface area (Å²) in [7, 11) is 1.66. The van der Waals surface area contributed by atoms with E-state index in [1.54, 1.807) is 7.05 Å². The lowest BCUT2D eigenvalue weighted by Crippen LogP contribution is -2.23. The molecule has 0 amide bonds. The van der Waals surface area contributed by atoms with Crippen molar-refractivity contribution in [1.82, 2.24) is 14.8 Å². The van der Waals surface area contributed by atoms with Gasteiger partial charge in [0.2, 0.25) is 0 Å². The molecule has 120 valence electrons. The molecule has 5 nitrogen and oxygen atoms in total. The molecule has 0 saturated carbocycles. The Morgan fingerprint density at radius 2 is 2.00 bits per heavy atom. The number of benzene rings is 1. The normalized spacial score (nSPS) is 11.3. The van der Waals surface area contributed by atoms with Crippen molar-refractivity contribution in [1.29, 1.82) is 0 Å². The number of hydrogen-bond donors (Lipinski definition) is 0. The van der Waals surface area contributed by atoms with E-state index < -0.39 is 0 Å². The van der Waals surface area contributed by atoms with Crippen molar-refractivity contribution < 1.29 is 4.42 Å². The van der Waals surface area contributed by atoms with Gasteiger partial charge in [-0.05, 0) is 31.5 Å². The zero-order valence-electron chi connectivity index (χ0n) is 13.5. The molecule has 0 aliphatic rings. The van der Waals surface area contributed by atoms with E-state index >= 15 is 0 Å². The van der Waals surface area contributed by atoms with Crippen LogP contribution in [0.1, 0.15) is 11.3 Å². The Labute approximate surface area is 142 Å². The van der Waals surface area contributed by atoms with Crippen LogP contribution in [0.25, 0.3) is 33.0 Å². The average molecular weight is 337 g/mol. The third-order valence-electron chi connectivity index (χ3n) is 4.12. The molecule has 4 rings (SSSR count). The highest BCUT2D eigenvalue weighted by atomic mass is 32.1. The van der Waals surface area contributed by atoms with Gasteiger partial charge in [0, 0.05) is 17.8 Å². The van der Waals surface area contributed by atoms with Crippen molar-refractivity contribution in [3.8, 4) is 22.0 Å². The number of fused-ring (bicyclic) bond motifs is 1. The third kappa shape index (κ3) is 2.27. The Bertz CT molecular complexity index is 1090. The number of nitrogens with zero attached hydrogens (tertiary/aromatic N) is 3. The molecule has 3 aromatic heterocycles. The number of thiazole rings is 1. The summed E-state index contributed by atoms with van der Waals surface area (Å²) in [6.45, 7) is 3.80. The lowest BCUT2D eigenvalue weighted by molar-refractivity contribution is 0.629. The van der Waals surface area contributed by atoms with Crippen LogP contribution in [0.5, 0.6) is 0 Å². The van der Waals surface area contributed by atoms with E-state index in [1.165, 1.54) is 16.0 Å². The minimum absolute atomic E-state index is 0.136. The molecule has 3 heterocycles. The van der Waals surface area contributed by atoms with Gasteiger partial charge in [0.15, 0.2) is 5.76 Å². The summed E-state index contributed by atoms with van der Waals surface area (Å²) in [4.78, 5) is 17.1. The van der Waals surface area contributed by atoms with Crippen molar-refractivity contribution >= 4 is 22.3 Å². The van der Waals surface area contributed by atoms with Crippen LogP contribution in [0.15, 0.2) is 44.9 Å². The molecule has 0 bridgehead atoms. The number of aryl methyl sites for hydroxylation is 2. The van der Waals surface area contributed by atoms with Crippen LogP contribution in [0, 0.1) is 13.8 Å². The van der Waals surface area contributed by atoms with Gasteiger partial charge in [-0.25, -0.2) is 9.67 Å². The summed E-state index contributed by atoms with van der Waals surface area (Å²) in [6, 6.07) is 9.81. The molecular weight excluding hydrogens is 322 g/mol. The Kier molecular flexibility index (Phi) is 3.35. The highest BCUT2D eigenvalue weighted by molar-refractivity contribution is 7.13. The fourth-order valence-corrected chi connectivity index (χ4v) is 3.61. The summed E-state index contributed by atoms with van der Waals surface area (Å²) >= 11 is 1.44. The number of rotatable bonds is 2. The largest absolute Gasteiger partial charge is 0.454 e. The summed E-state index contributed by atoms with van der Waals surface area (Å²) in [6.07, 6.45) is 0. The number of para-hydroxylation sites is 1. The van der Waals surface area contributed by atoms with Crippen LogP contribution >= 0.6 is 11.3 Å². The Hall–Kier alpha value is -2.73. The predicted molar refractivity (Wildman–Crippen MR) is 95.3 cm³/mol. The minimum atomic E-state index is -0.136. The molecule has 0 aliphatic carbocycles. The molecule has 0 spiro atoms. The number of aromatic nitrogens is 3. The maximum Gasteiger partial charge on any atom is 0.277 e. The molecule has 6 heteroatoms. The zero-order valence-corrected chi connectivity index (χ0v) is 14.3. The molecule has 0 saturated heterocycles. The van der Waals surface area contributed by atoms with Gasteiger partial charge in [-0.3, -0.25) is 4.79 Å². The summed E-state index contributed by atoms with van der Waals surface area (Å²) in [5, 5.41) is 7.86. The van der Waals surface area contributed by atoms with E-state index in [0.29, 0.717) is 16.3 Å². The summed E-state index contributed by atoms with van der Waals surface area (Å²) < 4.78 is 7.22. The van der Waals surface area contributed by atoms with E-state index in [2.05, 4.69) is 10.1 Å². The van der Waals surface area contributed by atoms with Crippen LogP contribution in [0.4, 0.5) is 0 Å². The quantitative estimate of drug-likeness (QED) is 0.556. The lowest BCUT2D eigenvalue weighted by atomic mass is 10.1. The van der Waals surface area contributed by atoms with E-state index in [4.69, 9.17) is 4.42 Å². The van der Waals surface area contributed by atoms with Gasteiger partial charge in [0.05, 0.1) is 11.3 Å². The first kappa shape index (κ1) is 14.8. The molecule has 0 atom stereocenters. The fourth-order valence-electron chi connectivity index (χ4n) is 2.71. The third-order valence-corrected chi connectivity index (χ3v) is 4.98. The molecular formula is C18H15N3O2S. The predicted octanol–water partition coefficient (Wildman–Crippen LogP) is 3.93. The van der Waals surface area contributed by atoms with Gasteiger partial charge in [-0.1, -0.05) is 18.2 Å². The molecule has 4 aromatic rings. The van der Waals surface area contributed by atoms with Gasteiger partial charge >= 0.3 is 0 Å². The van der Waals surface area contributed by atoms with Crippen LogP contribution in [0.3, 0.4) is 0 Å². The average Bonchev–Trinajstić information content (AvgIpc) is 3.19. The fraction of sp³-hybridized carbons (Fsp3) is 0.167. The Morgan fingerprint density at radius 3 is 2.79 bits per heavy atom. The monoisotopic (exact) mass is 337 g/mol. The van der Waals surface area contributed by atoms with E-state index in [-0.39, 0.29) is 5.56 Å². The van der Waals surface area contributed by atoms with E-state index in [9.17, 15) is 4.79 Å². The Morgan fingerprint density at radius 1 is 1.21 bits per heavy atom. The number of hydrogen-bond acceptors (Lipinski definition) is 5. The van der Waals surface area contributed by atoms with Crippen molar-refractivity contribution in [3.63, 3.8) is 0 Å². The topological polar surface area (TPSA) is 60.9 Å². The van der Waals surface area contributed by atoms with Crippen molar-refractivity contribution in [2.75, 3.05) is 0 Å². The van der Waals surface area contributed by atoms with Crippen molar-refractivity contribution in [3.05, 3.63) is 57.3 Å². The Balaban J connectivity index is 1.85. The van der Waals surface area contributed by atoms with Crippen molar-refractivity contribution in [2.24, 2.45) is 7.05 Å². The van der Waals surface area contributed by atoms with Gasteiger partial charge < -0.3 is 4.42 Å². The zero-order chi connectivity index (χ0) is 16.8. The van der Waals surface area contributed by atoms with E-state index in [1.807, 2.05) is 49.6 Å². The molecule has 0 fully saturated rings. The van der Waals surface area contributed by atoms with Gasteiger partial charge in [0.1, 0.15) is 16.3 Å². The highest BCUT2D eigenvalue weighted by Gasteiger charge is 2.17. The molecule has 0 unspecified atom stereocenters. The SMILES string of the molecule is Cc1nn(C)c(=O)c(-c2nc(-c3cc4ccccc4o3)cs2)c1C. The van der Waals surface area contributed by atoms with Crippen LogP contribution < -0.4 is 5.56 Å². The maximum atomic E-state index is 12.5. The first-order valence-electron chi connectivity index (χ1n) is 7.54. The van der Waals surface area contributed by atoms with Crippen LogP contribution in [-0.2, 0) is 7.05 Å². The first-order chi connectivity index (χ1) is 11.5. The van der Waals surface area contributed by atoms with Gasteiger partial charge in [-0.2, -0.15) is 5.10 Å². The van der Waals surface area contributed by atoms with E-state index in [0.717, 1.165) is 27.9 Å². The first-order valence-corrected chi connectivity index (χ1v) is 8.42. The second kappa shape index (κ2) is 5.42. The van der Waals surface area contributed by atoms with Crippen LogP contribution in [-0.4, -0.2) is 14.8 Å². The van der Waals surface area contributed by atoms with Gasteiger partial charge in [0.25, 0.3) is 5.56 Å². The molecule has 0 radical (unpaired) electrons. The smallest absolute Gasteiger partial charge is 0.277 e. The number of furan rings is 1.